The van der Waals surface area contributed by atoms with E-state index in [2.05, 4.69) is 10.1 Å². The van der Waals surface area contributed by atoms with Crippen LogP contribution in [0.1, 0.15) is 45.9 Å². The molecular weight excluding hydrogens is 282 g/mol. The lowest BCUT2D eigenvalue weighted by molar-refractivity contribution is -0.115. The number of nitrogens with one attached hydrogen (secondary N) is 1. The van der Waals surface area contributed by atoms with Crippen molar-refractivity contribution in [2.45, 2.75) is 27.2 Å². The highest BCUT2D eigenvalue weighted by atomic mass is 32.1. The van der Waals surface area contributed by atoms with E-state index < -0.39 is 11.9 Å². The fourth-order valence-electron chi connectivity index (χ4n) is 1.55. The van der Waals surface area contributed by atoms with Gasteiger partial charge in [0.2, 0.25) is 5.91 Å². The summed E-state index contributed by atoms with van der Waals surface area (Å²) in [5, 5.41) is 2.92. The molecule has 20 heavy (non-hydrogen) atoms. The van der Waals surface area contributed by atoms with Crippen molar-refractivity contribution in [2.24, 2.45) is 0 Å². The Kier molecular flexibility index (Phi) is 5.69. The number of thiophene rings is 1. The molecular formula is C13H17NO5S. The average molecular weight is 299 g/mol. The first-order valence-electron chi connectivity index (χ1n) is 6.14. The van der Waals surface area contributed by atoms with Crippen LogP contribution in [-0.4, -0.2) is 31.6 Å². The molecule has 0 saturated heterocycles. The number of methoxy groups -OCH3 is 1. The molecule has 0 radical (unpaired) electrons. The predicted molar refractivity (Wildman–Crippen MR) is 75.3 cm³/mol. The molecule has 0 aromatic carbocycles. The van der Waals surface area contributed by atoms with Crippen LogP contribution in [0.5, 0.6) is 0 Å². The number of ether oxygens (including phenoxy) is 2. The van der Waals surface area contributed by atoms with Gasteiger partial charge in [-0.2, -0.15) is 0 Å². The third kappa shape index (κ3) is 3.36. The maximum Gasteiger partial charge on any atom is 0.348 e. The van der Waals surface area contributed by atoms with E-state index in [1.54, 1.807) is 20.8 Å². The van der Waals surface area contributed by atoms with Gasteiger partial charge in [0.05, 0.1) is 19.3 Å². The maximum absolute atomic E-state index is 12.0. The fourth-order valence-corrected chi connectivity index (χ4v) is 2.68. The molecule has 1 heterocycles. The Morgan fingerprint density at radius 2 is 1.85 bits per heavy atom. The first kappa shape index (κ1) is 16.2. The zero-order valence-electron chi connectivity index (χ0n) is 11.9. The minimum atomic E-state index is -0.567. The van der Waals surface area contributed by atoms with Gasteiger partial charge in [-0.3, -0.25) is 4.79 Å². The quantitative estimate of drug-likeness (QED) is 0.844. The van der Waals surface area contributed by atoms with Crippen molar-refractivity contribution in [3.63, 3.8) is 0 Å². The Bertz CT molecular complexity index is 535. The van der Waals surface area contributed by atoms with Crippen molar-refractivity contribution < 1.29 is 23.9 Å². The number of rotatable bonds is 5. The summed E-state index contributed by atoms with van der Waals surface area (Å²) < 4.78 is 9.62. The molecule has 0 fully saturated rings. The number of carbonyl (C=O) groups is 3. The second-order valence-electron chi connectivity index (χ2n) is 3.87. The molecule has 1 rings (SSSR count). The maximum atomic E-state index is 12.0. The predicted octanol–water partition coefficient (Wildman–Crippen LogP) is 2.37. The normalized spacial score (nSPS) is 10.0. The molecule has 110 valence electrons. The minimum absolute atomic E-state index is 0.207. The van der Waals surface area contributed by atoms with Crippen LogP contribution in [-0.2, 0) is 14.3 Å². The van der Waals surface area contributed by atoms with E-state index in [0.717, 1.165) is 11.3 Å². The summed E-state index contributed by atoms with van der Waals surface area (Å²) in [6.45, 7) is 5.21. The van der Waals surface area contributed by atoms with Crippen LogP contribution >= 0.6 is 11.3 Å². The van der Waals surface area contributed by atoms with Gasteiger partial charge >= 0.3 is 11.9 Å². The van der Waals surface area contributed by atoms with Gasteiger partial charge in [0, 0.05) is 6.42 Å². The summed E-state index contributed by atoms with van der Waals surface area (Å²) in [4.78, 5) is 35.4. The molecule has 6 nitrogen and oxygen atoms in total. The molecule has 0 aliphatic carbocycles. The van der Waals surface area contributed by atoms with Crippen molar-refractivity contribution >= 4 is 34.2 Å². The van der Waals surface area contributed by atoms with Crippen LogP contribution in [0.15, 0.2) is 0 Å². The zero-order valence-corrected chi connectivity index (χ0v) is 12.7. The molecule has 1 amide bonds. The van der Waals surface area contributed by atoms with E-state index in [0.29, 0.717) is 10.6 Å². The van der Waals surface area contributed by atoms with Gasteiger partial charge in [0.1, 0.15) is 9.88 Å². The lowest BCUT2D eigenvalue weighted by Gasteiger charge is -2.05. The first-order valence-corrected chi connectivity index (χ1v) is 6.96. The van der Waals surface area contributed by atoms with Crippen molar-refractivity contribution in [1.82, 2.24) is 0 Å². The van der Waals surface area contributed by atoms with Crippen LogP contribution in [0, 0.1) is 6.92 Å². The molecule has 0 unspecified atom stereocenters. The summed E-state index contributed by atoms with van der Waals surface area (Å²) in [5.74, 6) is -1.36. The van der Waals surface area contributed by atoms with E-state index in [1.807, 2.05) is 0 Å². The van der Waals surface area contributed by atoms with Crippen molar-refractivity contribution in [3.8, 4) is 0 Å². The summed E-state index contributed by atoms with van der Waals surface area (Å²) in [5.41, 5.74) is 0.658. The Morgan fingerprint density at radius 1 is 1.20 bits per heavy atom. The van der Waals surface area contributed by atoms with E-state index >= 15 is 0 Å². The Hall–Kier alpha value is -1.89. The first-order chi connectivity index (χ1) is 9.46. The van der Waals surface area contributed by atoms with Gasteiger partial charge in [-0.1, -0.05) is 6.92 Å². The third-order valence-electron chi connectivity index (χ3n) is 2.57. The second-order valence-corrected chi connectivity index (χ2v) is 4.89. The molecule has 1 aromatic rings. The molecule has 7 heteroatoms. The van der Waals surface area contributed by atoms with Gasteiger partial charge < -0.3 is 14.8 Å². The Morgan fingerprint density at radius 3 is 2.35 bits per heavy atom. The van der Waals surface area contributed by atoms with E-state index in [4.69, 9.17) is 4.74 Å². The molecule has 0 saturated carbocycles. The average Bonchev–Trinajstić information content (AvgIpc) is 2.74. The van der Waals surface area contributed by atoms with E-state index in [9.17, 15) is 14.4 Å². The summed E-state index contributed by atoms with van der Waals surface area (Å²) >= 11 is 1.01. The molecule has 0 bridgehead atoms. The van der Waals surface area contributed by atoms with Gasteiger partial charge in [0.25, 0.3) is 0 Å². The fraction of sp³-hybridized carbons (Fsp3) is 0.462. The van der Waals surface area contributed by atoms with Gasteiger partial charge in [-0.25, -0.2) is 9.59 Å². The van der Waals surface area contributed by atoms with Crippen LogP contribution < -0.4 is 5.32 Å². The van der Waals surface area contributed by atoms with Crippen molar-refractivity contribution in [2.75, 3.05) is 19.0 Å². The lowest BCUT2D eigenvalue weighted by atomic mass is 10.1. The van der Waals surface area contributed by atoms with Crippen LogP contribution in [0.4, 0.5) is 5.00 Å². The minimum Gasteiger partial charge on any atom is -0.465 e. The van der Waals surface area contributed by atoms with Gasteiger partial charge in [0.15, 0.2) is 0 Å². The SMILES string of the molecule is CCOC(=O)c1c(NC(=O)CC)sc(C(=O)OC)c1C. The highest BCUT2D eigenvalue weighted by molar-refractivity contribution is 7.18. The largest absolute Gasteiger partial charge is 0.465 e. The van der Waals surface area contributed by atoms with Gasteiger partial charge in [-0.05, 0) is 19.4 Å². The smallest absolute Gasteiger partial charge is 0.348 e. The second kappa shape index (κ2) is 7.04. The van der Waals surface area contributed by atoms with Crippen LogP contribution in [0.25, 0.3) is 0 Å². The van der Waals surface area contributed by atoms with E-state index in [-0.39, 0.29) is 29.4 Å². The summed E-state index contributed by atoms with van der Waals surface area (Å²) in [7, 11) is 1.26. The summed E-state index contributed by atoms with van der Waals surface area (Å²) in [6.07, 6.45) is 0.271. The number of hydrogen-bond donors (Lipinski definition) is 1. The highest BCUT2D eigenvalue weighted by Gasteiger charge is 2.26. The highest BCUT2D eigenvalue weighted by Crippen LogP contribution is 2.34. The number of anilines is 1. The number of hydrogen-bond acceptors (Lipinski definition) is 6. The van der Waals surface area contributed by atoms with Gasteiger partial charge in [-0.15, -0.1) is 11.3 Å². The summed E-state index contributed by atoms with van der Waals surface area (Å²) in [6, 6.07) is 0. The standard InChI is InChI=1S/C13H17NO5S/c1-5-8(15)14-11-9(12(16)19-6-2)7(3)10(20-11)13(17)18-4/h5-6H2,1-4H3,(H,14,15). The number of amides is 1. The Balaban J connectivity index is 3.28. The Labute approximate surface area is 121 Å². The van der Waals surface area contributed by atoms with Crippen LogP contribution in [0.3, 0.4) is 0 Å². The number of esters is 2. The zero-order chi connectivity index (χ0) is 15.3. The van der Waals surface area contributed by atoms with Crippen LogP contribution in [0.2, 0.25) is 0 Å². The molecule has 0 aliphatic rings. The molecule has 1 N–H and O–H groups in total. The molecule has 1 aromatic heterocycles. The van der Waals surface area contributed by atoms with E-state index in [1.165, 1.54) is 7.11 Å². The monoisotopic (exact) mass is 299 g/mol. The van der Waals surface area contributed by atoms with Crippen molar-refractivity contribution in [3.05, 3.63) is 16.0 Å². The third-order valence-corrected chi connectivity index (χ3v) is 3.76. The lowest BCUT2D eigenvalue weighted by Crippen LogP contribution is -2.13. The molecule has 0 spiro atoms. The number of carbonyl (C=O) groups excluding carboxylic acids is 3. The van der Waals surface area contributed by atoms with Crippen molar-refractivity contribution in [1.29, 1.82) is 0 Å². The topological polar surface area (TPSA) is 81.7 Å². The molecule has 0 atom stereocenters. The molecule has 0 aliphatic heterocycles.